The van der Waals surface area contributed by atoms with Crippen LogP contribution in [0.15, 0.2) is 121 Å². The Labute approximate surface area is 714 Å². The zero-order valence-corrected chi connectivity index (χ0v) is 68.5. The Kier molecular flexibility index (Phi) is 27.6. The van der Waals surface area contributed by atoms with Gasteiger partial charge in [-0.3, -0.25) is 38.4 Å². The van der Waals surface area contributed by atoms with E-state index in [-0.39, 0.29) is 52.7 Å². The summed E-state index contributed by atoms with van der Waals surface area (Å²) < 4.78 is 81.1. The van der Waals surface area contributed by atoms with E-state index in [0.717, 1.165) is 72.8 Å². The molecular formula is C83H90Cl2F3N11O25. The Morgan fingerprint density at radius 3 is 1.98 bits per heavy atom. The minimum absolute atomic E-state index is 0.0911. The molecule has 7 aliphatic heterocycles. The van der Waals surface area contributed by atoms with Gasteiger partial charge in [-0.1, -0.05) is 67.4 Å². The first-order chi connectivity index (χ1) is 58.5. The number of nitrogens with one attached hydrogen (secondary N) is 9. The van der Waals surface area contributed by atoms with Crippen LogP contribution in [0.25, 0.3) is 11.1 Å². The molecule has 21 N–H and O–H groups in total. The Morgan fingerprint density at radius 2 is 1.35 bits per heavy atom. The predicted molar refractivity (Wildman–Crippen MR) is 432 cm³/mol. The molecule has 0 aliphatic carbocycles. The molecule has 0 radical (unpaired) electrons. The molecule has 2 fully saturated rings. The Balaban J connectivity index is 1.03. The monoisotopic (exact) mass is 1770 g/mol. The van der Waals surface area contributed by atoms with E-state index >= 15 is 19.2 Å². The number of carboxylic acid groups (broad SMARTS) is 1. The molecule has 0 aromatic heterocycles. The van der Waals surface area contributed by atoms with Crippen LogP contribution >= 0.6 is 23.2 Å². The summed E-state index contributed by atoms with van der Waals surface area (Å²) in [4.78, 5) is 136. The molecule has 662 valence electrons. The highest BCUT2D eigenvalue weighted by atomic mass is 35.5. The highest BCUT2D eigenvalue weighted by molar-refractivity contribution is 6.32. The Morgan fingerprint density at radius 1 is 0.710 bits per heavy atom. The number of aliphatic carboxylic acids is 1. The van der Waals surface area contributed by atoms with Crippen molar-refractivity contribution in [3.63, 3.8) is 0 Å². The van der Waals surface area contributed by atoms with Crippen molar-refractivity contribution in [3.8, 4) is 57.1 Å². The summed E-state index contributed by atoms with van der Waals surface area (Å²) in [5.74, 6) is -17.6. The second kappa shape index (κ2) is 37.4. The standard InChI is InChI=1S/C83H90Cl2F3N11O25/c1-33(2)17-49(90-5)74(111)97-64-66(105)37-12-15-53(47(84)22-37)120-55-24-39-25-56(71(55)124-81-69(108)68(107)67(106)57(32-100)122-81)121-54-16-13-38(23-48(54)85)70(123-59-30-82(4,72(109)34(3)119-59)91-31-35-9-8-10-42(18-35)92-73(110)40-19-41(83(86,87)88)26-43(20-40)99(6)7)65-79(116)96-63(80(117)118)46-27-44(101)28-52(103)60(46)45-21-36(11-14-51(45)102)61(76(113)98-65)95-77(114)62(39)94-75(112)50(29-58(89)104)93-78(64)115/h8-16,18-28,33-34,49-50,57,59,61-70,72,81,90-91,100-103,105-109H,17,29-32H2,1-7H3,(H2,89,104)(H,92,110)(H,93,115)(H,94,112)(H,95,114)(H,96,116)(H,97,111)(H,98,113)(H,117,118)/t34-,49-,50-,57-,59+,61-,62?,63+,64+,65+,66+,67+,68+,69+,70-,72+,81?,82-/m0/s1. The van der Waals surface area contributed by atoms with E-state index in [1.807, 2.05) is 0 Å². The second-order valence-electron chi connectivity index (χ2n) is 31.3. The van der Waals surface area contributed by atoms with Gasteiger partial charge in [-0.05, 0) is 146 Å². The minimum atomic E-state index is -4.81. The van der Waals surface area contributed by atoms with E-state index in [1.54, 1.807) is 32.9 Å². The fourth-order valence-corrected chi connectivity index (χ4v) is 15.5. The third-order valence-electron chi connectivity index (χ3n) is 21.6. The summed E-state index contributed by atoms with van der Waals surface area (Å²) in [6, 6.07) is 7.80. The van der Waals surface area contributed by atoms with Gasteiger partial charge < -0.3 is 138 Å². The fourth-order valence-electron chi connectivity index (χ4n) is 15.1. The third kappa shape index (κ3) is 20.1. The number of alkyl halides is 3. The van der Waals surface area contributed by atoms with Crippen LogP contribution in [-0.4, -0.2) is 211 Å². The van der Waals surface area contributed by atoms with Crippen LogP contribution in [0.4, 0.5) is 24.5 Å². The molecule has 7 aliphatic rings. The molecule has 0 spiro atoms. The molecule has 124 heavy (non-hydrogen) atoms. The summed E-state index contributed by atoms with van der Waals surface area (Å²) in [7, 11) is 4.47. The maximum absolute atomic E-state index is 16.4. The quantitative estimate of drug-likeness (QED) is 0.0537. The number of aromatic hydroxyl groups is 3. The number of nitrogens with two attached hydrogens (primary N) is 1. The van der Waals surface area contributed by atoms with E-state index in [9.17, 15) is 88.2 Å². The van der Waals surface area contributed by atoms with Crippen molar-refractivity contribution in [2.75, 3.05) is 38.0 Å². The molecule has 8 amide bonds. The van der Waals surface area contributed by atoms with Crippen LogP contribution in [0.3, 0.4) is 0 Å². The summed E-state index contributed by atoms with van der Waals surface area (Å²) in [6.07, 6.45) is -24.8. The number of primary amides is 1. The first-order valence-electron chi connectivity index (χ1n) is 38.7. The van der Waals surface area contributed by atoms with Crippen molar-refractivity contribution < 1.29 is 136 Å². The van der Waals surface area contributed by atoms with Crippen molar-refractivity contribution in [1.29, 1.82) is 0 Å². The van der Waals surface area contributed by atoms with Crippen LogP contribution < -0.4 is 72.7 Å². The predicted octanol–water partition coefficient (Wildman–Crippen LogP) is 4.27. The van der Waals surface area contributed by atoms with Crippen molar-refractivity contribution in [2.45, 2.75) is 169 Å². The van der Waals surface area contributed by atoms with E-state index in [0.29, 0.717) is 11.6 Å². The number of halogens is 5. The molecular weight excluding hydrogens is 1680 g/mol. The van der Waals surface area contributed by atoms with Crippen molar-refractivity contribution in [2.24, 2.45) is 11.7 Å². The zero-order valence-electron chi connectivity index (χ0n) is 67.0. The second-order valence-corrected chi connectivity index (χ2v) is 32.1. The number of amides is 8. The largest absolute Gasteiger partial charge is 0.508 e. The molecule has 41 heteroatoms. The van der Waals surface area contributed by atoms with E-state index < -0.39 is 272 Å². The lowest BCUT2D eigenvalue weighted by atomic mass is 9.84. The summed E-state index contributed by atoms with van der Waals surface area (Å²) in [5.41, 5.74) is 0.471. The number of ether oxygens (including phenoxy) is 6. The fraction of sp³-hybridized carbons (Fsp3) is 0.386. The number of carboxylic acids is 1. The van der Waals surface area contributed by atoms with Gasteiger partial charge in [0.15, 0.2) is 23.8 Å². The molecule has 7 heterocycles. The van der Waals surface area contributed by atoms with Crippen LogP contribution in [0, 0.1) is 5.92 Å². The van der Waals surface area contributed by atoms with E-state index in [4.69, 9.17) is 57.4 Å². The van der Waals surface area contributed by atoms with Gasteiger partial charge in [0.25, 0.3) is 5.91 Å². The molecule has 7 aromatic rings. The van der Waals surface area contributed by atoms with Gasteiger partial charge in [0.05, 0.1) is 46.9 Å². The molecule has 14 rings (SSSR count). The zero-order chi connectivity index (χ0) is 90.2. The third-order valence-corrected chi connectivity index (χ3v) is 22.2. The van der Waals surface area contributed by atoms with Gasteiger partial charge in [0.2, 0.25) is 53.4 Å². The number of likely N-dealkylation sites (N-methyl/N-ethyl adjacent to an activating group) is 1. The lowest BCUT2D eigenvalue weighted by molar-refractivity contribution is -0.277. The van der Waals surface area contributed by atoms with Gasteiger partial charge in [-0.2, -0.15) is 13.2 Å². The number of fused-ring (bicyclic) bond motifs is 15. The maximum Gasteiger partial charge on any atom is 0.416 e. The molecule has 11 bridgehead atoms. The Bertz CT molecular complexity index is 5310. The van der Waals surface area contributed by atoms with Gasteiger partial charge in [-0.25, -0.2) is 4.79 Å². The van der Waals surface area contributed by atoms with Crippen molar-refractivity contribution >= 4 is 87.8 Å². The highest BCUT2D eigenvalue weighted by Crippen LogP contribution is 2.50. The Hall–Kier alpha value is -11.7. The van der Waals surface area contributed by atoms with Crippen LogP contribution in [-0.2, 0) is 65.3 Å². The molecule has 2 unspecified atom stereocenters. The summed E-state index contributed by atoms with van der Waals surface area (Å²) >= 11 is 14.4. The summed E-state index contributed by atoms with van der Waals surface area (Å²) in [6.45, 7) is 5.48. The topological polar surface area (TPSA) is 549 Å². The van der Waals surface area contributed by atoms with E-state index in [1.165, 1.54) is 63.3 Å². The number of aliphatic hydroxyl groups excluding tert-OH is 6. The number of carbonyl (C=O) groups excluding carboxylic acids is 8. The van der Waals surface area contributed by atoms with Crippen LogP contribution in [0.2, 0.25) is 10.0 Å². The number of benzene rings is 7. The number of phenolic OH excluding ortho intramolecular Hbond substituents is 3. The van der Waals surface area contributed by atoms with Gasteiger partial charge >= 0.3 is 12.1 Å². The van der Waals surface area contributed by atoms with Gasteiger partial charge in [-0.15, -0.1) is 0 Å². The first kappa shape index (κ1) is 91.5. The number of aliphatic hydroxyl groups is 6. The van der Waals surface area contributed by atoms with Gasteiger partial charge in [0, 0.05) is 72.3 Å². The molecule has 18 atom stereocenters. The number of anilines is 2. The number of carbonyl (C=O) groups is 9. The molecule has 0 saturated carbocycles. The van der Waals surface area contributed by atoms with Crippen molar-refractivity contribution in [3.05, 3.63) is 176 Å². The smallest absolute Gasteiger partial charge is 0.416 e. The first-order valence-corrected chi connectivity index (χ1v) is 39.5. The minimum Gasteiger partial charge on any atom is -0.508 e. The normalized spacial score (nSPS) is 26.2. The van der Waals surface area contributed by atoms with Crippen LogP contribution in [0.1, 0.15) is 127 Å². The number of rotatable bonds is 19. The molecule has 36 nitrogen and oxygen atoms in total. The summed E-state index contributed by atoms with van der Waals surface area (Å²) in [5, 5.41) is 138. The average Bonchev–Trinajstić information content (AvgIpc) is 0.802. The lowest BCUT2D eigenvalue weighted by Gasteiger charge is -2.47. The number of hydrogen-bond donors (Lipinski definition) is 20. The number of hydrogen-bond acceptors (Lipinski definition) is 27. The van der Waals surface area contributed by atoms with Crippen LogP contribution in [0.5, 0.6) is 46.0 Å². The van der Waals surface area contributed by atoms with E-state index in [2.05, 4.69) is 47.9 Å². The molecule has 7 aromatic carbocycles. The molecule has 2 saturated heterocycles. The average molecular weight is 1770 g/mol. The highest BCUT2D eigenvalue weighted by Gasteiger charge is 2.50. The lowest BCUT2D eigenvalue weighted by Crippen LogP contribution is -2.63. The maximum atomic E-state index is 16.4. The van der Waals surface area contributed by atoms with Gasteiger partial charge in [0.1, 0.15) is 95.6 Å². The number of nitrogens with zero attached hydrogens (tertiary/aromatic N) is 1. The van der Waals surface area contributed by atoms with Crippen molar-refractivity contribution in [1.82, 2.24) is 42.5 Å². The SMILES string of the molecule is CN[C@@H](CC(C)C)C(=O)N[C@H]1C(=O)N[C@@H](CC(N)=O)C(=O)NC2C(=O)N[C@@H]3C(=O)N[C@@H](C(=O)N[C@@H](C(=O)O)c4cc(O)cc(O)c4-c4cc3ccc4O)[C@@H](O[C@@H]3C[C@](C)(NCc4cccc(NC(=O)c5cc(N(C)C)cc(C(F)(F)F)c5)c4)[C@H](O)[C@H](C)O3)c3ccc(c(Cl)c3)Oc3cc2cc(c3OC2O[C@@H](CO)[C@@H](O)[C@@H](O)[C@H]2O)Oc2ccc(cc2Cl)[C@H]1O. The number of phenols is 3.